The maximum atomic E-state index is 15.5. The van der Waals surface area contributed by atoms with Crippen LogP contribution >= 0.6 is 0 Å². The van der Waals surface area contributed by atoms with Gasteiger partial charge in [0.05, 0.1) is 16.2 Å². The first kappa shape index (κ1) is 33.4. The molecule has 0 aromatic rings. The van der Waals surface area contributed by atoms with Crippen molar-refractivity contribution in [3.63, 3.8) is 0 Å². The van der Waals surface area contributed by atoms with Crippen LogP contribution in [0.25, 0.3) is 0 Å². The third-order valence-corrected chi connectivity index (χ3v) is 15.6. The lowest BCUT2D eigenvalue weighted by Gasteiger charge is -2.63. The summed E-state index contributed by atoms with van der Waals surface area (Å²) >= 11 is 0. The number of aliphatic hydroxyl groups excluding tert-OH is 1. The van der Waals surface area contributed by atoms with Crippen molar-refractivity contribution in [1.29, 1.82) is 0 Å². The fourth-order valence-electron chi connectivity index (χ4n) is 13.9. The standard InChI is InChI=1S/C40H56O6/c1-22(2)29-30(42)33(44)40-26(20-25-23(3)12-13-28-36(25,7)16-11-17-37(28,8)34(45)46)24(4)14-19-39(40,32(29)43)27(21-41)31-35(5,6)15-10-18-38(31,40)9/h14,21-22,25-28,31,42H,3,10-13,15-20H2,1-2,4-9H3,(H,45,46). The molecule has 46 heavy (non-hydrogen) atoms. The Kier molecular flexibility index (Phi) is 7.44. The minimum absolute atomic E-state index is 0.0373. The highest BCUT2D eigenvalue weighted by molar-refractivity contribution is 6.19. The number of ketones is 2. The largest absolute Gasteiger partial charge is 0.504 e. The van der Waals surface area contributed by atoms with Crippen LogP contribution in [0.5, 0.6) is 0 Å². The number of aldehydes is 1. The normalized spacial score (nSPS) is 46.7. The summed E-state index contributed by atoms with van der Waals surface area (Å²) in [5.74, 6) is -3.40. The van der Waals surface area contributed by atoms with E-state index in [0.717, 1.165) is 56.0 Å². The molecule has 0 spiro atoms. The van der Waals surface area contributed by atoms with Gasteiger partial charge < -0.3 is 15.0 Å². The third kappa shape index (κ3) is 3.65. The first-order chi connectivity index (χ1) is 21.3. The lowest BCUT2D eigenvalue weighted by molar-refractivity contribution is -0.175. The number of carboxylic acids is 1. The molecule has 6 aliphatic carbocycles. The zero-order chi connectivity index (χ0) is 34.0. The zero-order valence-corrected chi connectivity index (χ0v) is 29.4. The highest BCUT2D eigenvalue weighted by Crippen LogP contribution is 2.82. The highest BCUT2D eigenvalue weighted by Gasteiger charge is 2.85. The van der Waals surface area contributed by atoms with Crippen LogP contribution in [-0.4, -0.2) is 34.0 Å². The zero-order valence-electron chi connectivity index (χ0n) is 29.4. The molecule has 0 heterocycles. The van der Waals surface area contributed by atoms with Gasteiger partial charge in [0.25, 0.3) is 0 Å². The van der Waals surface area contributed by atoms with Gasteiger partial charge in [0.2, 0.25) is 5.78 Å². The summed E-state index contributed by atoms with van der Waals surface area (Å²) in [6.07, 6.45) is 10.4. The third-order valence-electron chi connectivity index (χ3n) is 15.6. The number of hydrogen-bond acceptors (Lipinski definition) is 5. The quantitative estimate of drug-likeness (QED) is 0.233. The van der Waals surface area contributed by atoms with Crippen molar-refractivity contribution < 1.29 is 29.4 Å². The van der Waals surface area contributed by atoms with Crippen LogP contribution in [0, 0.1) is 68.0 Å². The predicted molar refractivity (Wildman–Crippen MR) is 178 cm³/mol. The molecular formula is C40H56O6. The summed E-state index contributed by atoms with van der Waals surface area (Å²) in [5, 5.41) is 22.4. The number of carbonyl (C=O) groups is 4. The molecule has 4 saturated carbocycles. The second kappa shape index (κ2) is 10.3. The maximum absolute atomic E-state index is 15.5. The van der Waals surface area contributed by atoms with Crippen LogP contribution < -0.4 is 0 Å². The second-order valence-corrected chi connectivity index (χ2v) is 18.1. The van der Waals surface area contributed by atoms with Gasteiger partial charge in [-0.25, -0.2) is 0 Å². The number of carboxylic acid groups (broad SMARTS) is 1. The summed E-state index contributed by atoms with van der Waals surface area (Å²) in [6.45, 7) is 21.1. The summed E-state index contributed by atoms with van der Waals surface area (Å²) in [4.78, 5) is 57.1. The molecule has 4 fully saturated rings. The van der Waals surface area contributed by atoms with E-state index in [1.165, 1.54) is 0 Å². The molecule has 6 rings (SSSR count). The van der Waals surface area contributed by atoms with Gasteiger partial charge in [0.1, 0.15) is 6.29 Å². The Balaban J connectivity index is 1.63. The summed E-state index contributed by atoms with van der Waals surface area (Å²) in [5.41, 5.74) is -2.41. The number of aliphatic carboxylic acids is 1. The minimum atomic E-state index is -1.29. The Morgan fingerprint density at radius 3 is 2.28 bits per heavy atom. The van der Waals surface area contributed by atoms with E-state index >= 15 is 9.59 Å². The molecule has 0 aromatic heterocycles. The van der Waals surface area contributed by atoms with Gasteiger partial charge >= 0.3 is 5.97 Å². The van der Waals surface area contributed by atoms with Gasteiger partial charge in [-0.3, -0.25) is 14.4 Å². The van der Waals surface area contributed by atoms with Gasteiger partial charge in [-0.15, -0.1) is 0 Å². The molecule has 0 aromatic carbocycles. The molecular weight excluding hydrogens is 576 g/mol. The molecule has 10 atom stereocenters. The van der Waals surface area contributed by atoms with Gasteiger partial charge in [-0.1, -0.05) is 78.2 Å². The van der Waals surface area contributed by atoms with Crippen molar-refractivity contribution in [3.05, 3.63) is 35.1 Å². The Morgan fingerprint density at radius 1 is 1.02 bits per heavy atom. The first-order valence-electron chi connectivity index (χ1n) is 17.9. The molecule has 0 radical (unpaired) electrons. The first-order valence-corrected chi connectivity index (χ1v) is 17.9. The smallest absolute Gasteiger partial charge is 0.309 e. The number of Topliss-reactive ketones (excluding diaryl/α,β-unsaturated/α-hetero) is 2. The second-order valence-electron chi connectivity index (χ2n) is 18.1. The van der Waals surface area contributed by atoms with Crippen LogP contribution in [0.1, 0.15) is 120 Å². The van der Waals surface area contributed by atoms with Crippen LogP contribution in [0.3, 0.4) is 0 Å². The summed E-state index contributed by atoms with van der Waals surface area (Å²) in [6, 6.07) is 0. The molecule has 252 valence electrons. The molecule has 6 nitrogen and oxygen atoms in total. The van der Waals surface area contributed by atoms with E-state index < -0.39 is 45.2 Å². The number of hydrogen-bond donors (Lipinski definition) is 2. The molecule has 2 N–H and O–H groups in total. The molecule has 0 amide bonds. The molecule has 0 aliphatic heterocycles. The Hall–Kier alpha value is -2.50. The number of fused-ring (bicyclic) bond motifs is 2. The number of carbonyl (C=O) groups excluding carboxylic acids is 3. The Labute approximate surface area is 275 Å². The molecule has 0 saturated heterocycles. The Morgan fingerprint density at radius 2 is 1.67 bits per heavy atom. The summed E-state index contributed by atoms with van der Waals surface area (Å²) < 4.78 is 0. The van der Waals surface area contributed by atoms with E-state index in [0.29, 0.717) is 25.7 Å². The lowest BCUT2D eigenvalue weighted by Crippen LogP contribution is -2.66. The van der Waals surface area contributed by atoms with E-state index in [-0.39, 0.29) is 51.6 Å². The van der Waals surface area contributed by atoms with Crippen molar-refractivity contribution in [2.45, 2.75) is 120 Å². The van der Waals surface area contributed by atoms with Crippen LogP contribution in [0.2, 0.25) is 0 Å². The van der Waals surface area contributed by atoms with Crippen molar-refractivity contribution in [2.75, 3.05) is 0 Å². The van der Waals surface area contributed by atoms with Crippen LogP contribution in [0.4, 0.5) is 0 Å². The molecule has 10 unspecified atom stereocenters. The van der Waals surface area contributed by atoms with Gasteiger partial charge in [0, 0.05) is 11.5 Å². The Bertz CT molecular complexity index is 1480. The van der Waals surface area contributed by atoms with Gasteiger partial charge in [-0.2, -0.15) is 0 Å². The molecule has 0 bridgehead atoms. The number of rotatable bonds is 5. The maximum Gasteiger partial charge on any atom is 0.309 e. The topological polar surface area (TPSA) is 109 Å². The van der Waals surface area contributed by atoms with Gasteiger partial charge in [0.15, 0.2) is 11.5 Å². The van der Waals surface area contributed by atoms with Crippen LogP contribution in [-0.2, 0) is 19.2 Å². The minimum Gasteiger partial charge on any atom is -0.504 e. The summed E-state index contributed by atoms with van der Waals surface area (Å²) in [7, 11) is 0. The fraction of sp³-hybridized carbons (Fsp3) is 0.750. The van der Waals surface area contributed by atoms with Crippen LogP contribution in [0.15, 0.2) is 35.1 Å². The highest BCUT2D eigenvalue weighted by atomic mass is 16.4. The van der Waals surface area contributed by atoms with Crippen molar-refractivity contribution in [2.24, 2.45) is 68.0 Å². The van der Waals surface area contributed by atoms with Gasteiger partial charge in [-0.05, 0) is 111 Å². The molecule has 6 aliphatic rings. The van der Waals surface area contributed by atoms with E-state index in [1.54, 1.807) is 0 Å². The fourth-order valence-corrected chi connectivity index (χ4v) is 13.9. The molecule has 6 heteroatoms. The SMILES string of the molecule is C=C1CCC2C(C)(C(=O)O)CCCC2(C)C1CC1C(C)=CCC23C(=O)C(C(C)C)=C(O)C(=O)C12C1(C)CCCC(C)(C)C1C3C=O. The number of allylic oxidation sites excluding steroid dienone is 5. The average molecular weight is 633 g/mol. The lowest BCUT2D eigenvalue weighted by atomic mass is 9.37. The van der Waals surface area contributed by atoms with E-state index in [9.17, 15) is 19.8 Å². The van der Waals surface area contributed by atoms with E-state index in [1.807, 2.05) is 20.8 Å². The van der Waals surface area contributed by atoms with Crippen molar-refractivity contribution in [3.8, 4) is 0 Å². The monoisotopic (exact) mass is 632 g/mol. The number of aliphatic hydroxyl groups is 1. The predicted octanol–water partition coefficient (Wildman–Crippen LogP) is 8.46. The van der Waals surface area contributed by atoms with Crippen molar-refractivity contribution >= 4 is 23.8 Å². The van der Waals surface area contributed by atoms with Crippen molar-refractivity contribution in [1.82, 2.24) is 0 Å². The average Bonchev–Trinajstić information content (AvgIpc) is 3.18. The van der Waals surface area contributed by atoms with E-state index in [4.69, 9.17) is 0 Å². The van der Waals surface area contributed by atoms with E-state index in [2.05, 4.69) is 47.3 Å².